The Morgan fingerprint density at radius 1 is 1.24 bits per heavy atom. The SMILES string of the molecule is COCCC(=O)N1CCOC(C2=C3C=NC=C[N+]3(N)C(c3ccc(C(=O)Nc4cc(C(F)(F)F)ccn4)cc3)=N2)C1. The van der Waals surface area contributed by atoms with Crippen molar-refractivity contribution in [1.82, 2.24) is 9.88 Å². The van der Waals surface area contributed by atoms with Crippen molar-refractivity contribution >= 4 is 29.7 Å². The van der Waals surface area contributed by atoms with Crippen molar-refractivity contribution in [2.75, 3.05) is 38.7 Å². The fraction of sp³-hybridized carbons (Fsp3) is 0.296. The molecule has 2 amide bonds. The molecule has 214 valence electrons. The van der Waals surface area contributed by atoms with Gasteiger partial charge in [0.1, 0.15) is 23.8 Å². The molecule has 0 radical (unpaired) electrons. The molecular weight excluding hydrogens is 543 g/mol. The summed E-state index contributed by atoms with van der Waals surface area (Å²) in [6.07, 6.45) is 0.949. The highest BCUT2D eigenvalue weighted by Gasteiger charge is 2.47. The van der Waals surface area contributed by atoms with Crippen molar-refractivity contribution in [3.8, 4) is 0 Å². The largest absolute Gasteiger partial charge is 0.416 e. The minimum absolute atomic E-state index is 0.0483. The smallest absolute Gasteiger partial charge is 0.384 e. The average molecular weight is 571 g/mol. The lowest BCUT2D eigenvalue weighted by Crippen LogP contribution is -2.53. The first kappa shape index (κ1) is 28.3. The number of carbonyl (C=O) groups excluding carboxylic acids is 2. The number of aromatic nitrogens is 1. The fourth-order valence-electron chi connectivity index (χ4n) is 4.67. The molecule has 0 bridgehead atoms. The number of quaternary nitrogens is 1. The first-order valence-corrected chi connectivity index (χ1v) is 12.7. The number of carbonyl (C=O) groups is 2. The van der Waals surface area contributed by atoms with Gasteiger partial charge in [0.15, 0.2) is 0 Å². The number of pyridine rings is 1. The van der Waals surface area contributed by atoms with Gasteiger partial charge >= 0.3 is 6.18 Å². The molecule has 4 heterocycles. The number of amides is 2. The number of allylic oxidation sites excluding steroid dienone is 1. The van der Waals surface area contributed by atoms with Gasteiger partial charge in [0.25, 0.3) is 11.7 Å². The fourth-order valence-corrected chi connectivity index (χ4v) is 4.67. The van der Waals surface area contributed by atoms with E-state index in [0.717, 1.165) is 18.3 Å². The zero-order valence-electron chi connectivity index (χ0n) is 22.0. The molecule has 1 fully saturated rings. The summed E-state index contributed by atoms with van der Waals surface area (Å²) in [5.41, 5.74) is 0.988. The summed E-state index contributed by atoms with van der Waals surface area (Å²) in [4.78, 5) is 39.9. The average Bonchev–Trinajstić information content (AvgIpc) is 3.28. The Morgan fingerprint density at radius 3 is 2.76 bits per heavy atom. The van der Waals surface area contributed by atoms with Gasteiger partial charge in [-0.3, -0.25) is 14.6 Å². The van der Waals surface area contributed by atoms with E-state index in [1.54, 1.807) is 35.6 Å². The van der Waals surface area contributed by atoms with Crippen LogP contribution in [0.2, 0.25) is 0 Å². The monoisotopic (exact) mass is 570 g/mol. The van der Waals surface area contributed by atoms with Gasteiger partial charge in [-0.15, -0.1) is 4.59 Å². The predicted octanol–water partition coefficient (Wildman–Crippen LogP) is 2.83. The Labute approximate surface area is 233 Å². The number of amidine groups is 1. The molecule has 1 aromatic carbocycles. The number of nitrogens with one attached hydrogen (secondary N) is 1. The maximum absolute atomic E-state index is 13.0. The summed E-state index contributed by atoms with van der Waals surface area (Å²) in [6.45, 7) is 1.39. The number of fused-ring (bicyclic) bond motifs is 1. The third-order valence-corrected chi connectivity index (χ3v) is 6.80. The van der Waals surface area contributed by atoms with E-state index >= 15 is 0 Å². The Kier molecular flexibility index (Phi) is 7.82. The highest BCUT2D eigenvalue weighted by atomic mass is 19.4. The van der Waals surface area contributed by atoms with Crippen LogP contribution in [-0.2, 0) is 20.4 Å². The van der Waals surface area contributed by atoms with Gasteiger partial charge in [-0.25, -0.2) is 4.98 Å². The normalized spacial score (nSPS) is 22.0. The van der Waals surface area contributed by atoms with Gasteiger partial charge in [0, 0.05) is 25.4 Å². The van der Waals surface area contributed by atoms with Gasteiger partial charge in [-0.1, -0.05) is 0 Å². The number of hydrogen-bond acceptors (Lipinski definition) is 8. The van der Waals surface area contributed by atoms with Crippen molar-refractivity contribution in [3.63, 3.8) is 0 Å². The zero-order chi connectivity index (χ0) is 29.2. The number of rotatable bonds is 7. The Morgan fingerprint density at radius 2 is 2.02 bits per heavy atom. The number of ether oxygens (including phenoxy) is 2. The van der Waals surface area contributed by atoms with E-state index in [-0.39, 0.29) is 28.3 Å². The Balaban J connectivity index is 1.36. The number of alkyl halides is 3. The third-order valence-electron chi connectivity index (χ3n) is 6.80. The minimum Gasteiger partial charge on any atom is -0.384 e. The van der Waals surface area contributed by atoms with E-state index in [0.29, 0.717) is 49.1 Å². The van der Waals surface area contributed by atoms with Crippen molar-refractivity contribution in [1.29, 1.82) is 0 Å². The van der Waals surface area contributed by atoms with Crippen molar-refractivity contribution in [2.24, 2.45) is 15.8 Å². The maximum atomic E-state index is 13.0. The minimum atomic E-state index is -4.56. The number of nitrogens with zero attached hydrogens (tertiary/aromatic N) is 5. The molecule has 41 heavy (non-hydrogen) atoms. The van der Waals surface area contributed by atoms with Gasteiger partial charge < -0.3 is 19.7 Å². The van der Waals surface area contributed by atoms with Crippen molar-refractivity contribution in [3.05, 3.63) is 83.1 Å². The van der Waals surface area contributed by atoms with Crippen LogP contribution in [0.4, 0.5) is 19.0 Å². The second-order valence-corrected chi connectivity index (χ2v) is 9.46. The second kappa shape index (κ2) is 11.3. The van der Waals surface area contributed by atoms with E-state index in [1.807, 2.05) is 0 Å². The lowest BCUT2D eigenvalue weighted by atomic mass is 10.1. The molecule has 3 N–H and O–H groups in total. The summed E-state index contributed by atoms with van der Waals surface area (Å²) >= 11 is 0. The molecule has 11 nitrogen and oxygen atoms in total. The first-order valence-electron chi connectivity index (χ1n) is 12.7. The van der Waals surface area contributed by atoms with E-state index < -0.39 is 23.8 Å². The topological polar surface area (TPSA) is 132 Å². The van der Waals surface area contributed by atoms with Crippen LogP contribution in [0.25, 0.3) is 0 Å². The van der Waals surface area contributed by atoms with Crippen LogP contribution in [0.5, 0.6) is 0 Å². The second-order valence-electron chi connectivity index (χ2n) is 9.46. The molecule has 14 heteroatoms. The van der Waals surface area contributed by atoms with Crippen LogP contribution in [0, 0.1) is 0 Å². The number of halogens is 3. The Hall–Kier alpha value is -4.24. The molecule has 3 aliphatic heterocycles. The highest BCUT2D eigenvalue weighted by molar-refractivity contribution is 6.05. The molecule has 1 saturated heterocycles. The van der Waals surface area contributed by atoms with Crippen molar-refractivity contribution < 1.29 is 36.8 Å². The number of methoxy groups -OCH3 is 1. The number of aliphatic imine (C=N–C) groups is 2. The quantitative estimate of drug-likeness (QED) is 0.389. The number of nitrogens with two attached hydrogens (primary N) is 1. The van der Waals surface area contributed by atoms with Crippen LogP contribution in [0.15, 0.2) is 76.4 Å². The van der Waals surface area contributed by atoms with Crippen LogP contribution >= 0.6 is 0 Å². The van der Waals surface area contributed by atoms with Crippen LogP contribution < -0.4 is 11.2 Å². The van der Waals surface area contributed by atoms with E-state index in [1.165, 1.54) is 19.2 Å². The van der Waals surface area contributed by atoms with Gasteiger partial charge in [0.05, 0.1) is 49.7 Å². The number of morpholine rings is 1. The zero-order valence-corrected chi connectivity index (χ0v) is 22.0. The third kappa shape index (κ3) is 5.81. The van der Waals surface area contributed by atoms with Crippen LogP contribution in [0.1, 0.15) is 27.9 Å². The highest BCUT2D eigenvalue weighted by Crippen LogP contribution is 2.34. The lowest BCUT2D eigenvalue weighted by molar-refractivity contribution is -0.750. The van der Waals surface area contributed by atoms with Crippen molar-refractivity contribution in [2.45, 2.75) is 18.7 Å². The van der Waals surface area contributed by atoms with Gasteiger partial charge in [-0.05, 0) is 36.4 Å². The van der Waals surface area contributed by atoms with Crippen LogP contribution in [0.3, 0.4) is 0 Å². The molecular formula is C27H27F3N7O4+. The number of benzene rings is 1. The lowest BCUT2D eigenvalue weighted by Gasteiger charge is -2.33. The Bertz CT molecular complexity index is 1470. The van der Waals surface area contributed by atoms with E-state index in [2.05, 4.69) is 15.3 Å². The molecule has 0 aliphatic carbocycles. The molecule has 5 rings (SSSR count). The predicted molar refractivity (Wildman–Crippen MR) is 142 cm³/mol. The molecule has 0 saturated carbocycles. The maximum Gasteiger partial charge on any atom is 0.416 e. The standard InChI is InChI=1S/C27H26F3N7O4/c1-40-12-7-23(38)36-10-13-41-21(16-36)24-20-15-32-9-11-37(20,31)25(35-24)17-2-4-18(5-3-17)26(39)34-22-14-19(6-8-33-22)27(28,29)30/h2-6,8-9,11,14-15,21H,7,10,12-13,16,31H2,1H3/p+1. The summed E-state index contributed by atoms with van der Waals surface area (Å²) in [6, 6.07) is 7.90. The molecule has 2 atom stereocenters. The molecule has 2 aromatic rings. The molecule has 2 unspecified atom stereocenters. The molecule has 1 aromatic heterocycles. The van der Waals surface area contributed by atoms with E-state index in [9.17, 15) is 22.8 Å². The molecule has 3 aliphatic rings. The summed E-state index contributed by atoms with van der Waals surface area (Å²) in [5.74, 6) is 6.32. The van der Waals surface area contributed by atoms with Gasteiger partial charge in [-0.2, -0.15) is 24.0 Å². The summed E-state index contributed by atoms with van der Waals surface area (Å²) in [5, 5.41) is 2.39. The summed E-state index contributed by atoms with van der Waals surface area (Å²) < 4.78 is 49.7. The number of hydrogen-bond donors (Lipinski definition) is 2. The van der Waals surface area contributed by atoms with Crippen LogP contribution in [-0.4, -0.2) is 77.9 Å². The first-order chi connectivity index (χ1) is 19.6. The summed E-state index contributed by atoms with van der Waals surface area (Å²) in [7, 11) is 1.54. The van der Waals surface area contributed by atoms with Gasteiger partial charge in [0.2, 0.25) is 11.6 Å². The number of anilines is 1. The molecule has 0 spiro atoms. The van der Waals surface area contributed by atoms with E-state index in [4.69, 9.17) is 20.3 Å².